The SMILES string of the molecule is O=C(CSc1nnc(-c2ccncc2)n1-c1ccc(Br)cc1)NN=Cc1ccccc1Br. The molecule has 4 rings (SSSR count). The number of rotatable bonds is 7. The maximum absolute atomic E-state index is 12.3. The molecule has 0 spiro atoms. The van der Waals surface area contributed by atoms with Crippen molar-refractivity contribution in [2.75, 3.05) is 5.75 Å². The lowest BCUT2D eigenvalue weighted by Gasteiger charge is -2.10. The van der Waals surface area contributed by atoms with E-state index < -0.39 is 0 Å². The highest BCUT2D eigenvalue weighted by Crippen LogP contribution is 2.28. The van der Waals surface area contributed by atoms with E-state index in [1.807, 2.05) is 65.2 Å². The highest BCUT2D eigenvalue weighted by Gasteiger charge is 2.17. The molecule has 0 aliphatic carbocycles. The van der Waals surface area contributed by atoms with E-state index in [0.717, 1.165) is 25.8 Å². The van der Waals surface area contributed by atoms with Crippen molar-refractivity contribution in [1.29, 1.82) is 0 Å². The van der Waals surface area contributed by atoms with Gasteiger partial charge in [0.15, 0.2) is 11.0 Å². The zero-order chi connectivity index (χ0) is 22.3. The van der Waals surface area contributed by atoms with E-state index in [9.17, 15) is 4.79 Å². The average Bonchev–Trinajstić information content (AvgIpc) is 3.24. The minimum atomic E-state index is -0.242. The van der Waals surface area contributed by atoms with Gasteiger partial charge in [-0.2, -0.15) is 5.10 Å². The number of hydrogen-bond acceptors (Lipinski definition) is 6. The third kappa shape index (κ3) is 5.50. The predicted octanol–water partition coefficient (Wildman–Crippen LogP) is 5.10. The Balaban J connectivity index is 1.51. The number of benzene rings is 2. The van der Waals surface area contributed by atoms with E-state index >= 15 is 0 Å². The van der Waals surface area contributed by atoms with Gasteiger partial charge in [0.25, 0.3) is 5.91 Å². The van der Waals surface area contributed by atoms with E-state index in [-0.39, 0.29) is 11.7 Å². The molecule has 2 aromatic carbocycles. The summed E-state index contributed by atoms with van der Waals surface area (Å²) < 4.78 is 3.79. The number of thioether (sulfide) groups is 1. The Morgan fingerprint density at radius 1 is 1.03 bits per heavy atom. The van der Waals surface area contributed by atoms with Crippen LogP contribution in [0.5, 0.6) is 0 Å². The lowest BCUT2D eigenvalue weighted by molar-refractivity contribution is -0.118. The number of pyridine rings is 1. The lowest BCUT2D eigenvalue weighted by atomic mass is 10.2. The molecule has 0 unspecified atom stereocenters. The largest absolute Gasteiger partial charge is 0.272 e. The fraction of sp³-hybridized carbons (Fsp3) is 0.0455. The highest BCUT2D eigenvalue weighted by atomic mass is 79.9. The first-order valence-corrected chi connectivity index (χ1v) is 12.0. The fourth-order valence-corrected chi connectivity index (χ4v) is 4.19. The summed E-state index contributed by atoms with van der Waals surface area (Å²) in [6.07, 6.45) is 5.01. The molecule has 0 bridgehead atoms. The van der Waals surface area contributed by atoms with Gasteiger partial charge in [-0.15, -0.1) is 10.2 Å². The monoisotopic (exact) mass is 570 g/mol. The zero-order valence-corrected chi connectivity index (χ0v) is 20.5. The summed E-state index contributed by atoms with van der Waals surface area (Å²) in [5, 5.41) is 13.3. The number of halogens is 2. The summed E-state index contributed by atoms with van der Waals surface area (Å²) in [7, 11) is 0. The Labute approximate surface area is 205 Å². The van der Waals surface area contributed by atoms with Crippen LogP contribution in [-0.4, -0.2) is 37.6 Å². The van der Waals surface area contributed by atoms with Gasteiger partial charge in [-0.05, 0) is 42.5 Å². The molecular formula is C22H16Br2N6OS. The molecule has 160 valence electrons. The molecule has 0 aliphatic rings. The average molecular weight is 572 g/mol. The number of hydrazone groups is 1. The smallest absolute Gasteiger partial charge is 0.250 e. The zero-order valence-electron chi connectivity index (χ0n) is 16.5. The van der Waals surface area contributed by atoms with Crippen LogP contribution in [-0.2, 0) is 4.79 Å². The van der Waals surface area contributed by atoms with Gasteiger partial charge in [0.2, 0.25) is 0 Å². The van der Waals surface area contributed by atoms with Crippen LogP contribution >= 0.6 is 43.6 Å². The molecule has 1 amide bonds. The maximum atomic E-state index is 12.3. The van der Waals surface area contributed by atoms with Gasteiger partial charge in [0, 0.05) is 38.2 Å². The number of carbonyl (C=O) groups excluding carboxylic acids is 1. The first-order chi connectivity index (χ1) is 15.6. The number of aromatic nitrogens is 4. The van der Waals surface area contributed by atoms with E-state index in [0.29, 0.717) is 11.0 Å². The minimum Gasteiger partial charge on any atom is -0.272 e. The van der Waals surface area contributed by atoms with E-state index in [1.165, 1.54) is 11.8 Å². The van der Waals surface area contributed by atoms with Crippen LogP contribution in [0.4, 0.5) is 0 Å². The van der Waals surface area contributed by atoms with Crippen molar-refractivity contribution < 1.29 is 4.79 Å². The van der Waals surface area contributed by atoms with Crippen LogP contribution < -0.4 is 5.43 Å². The molecule has 32 heavy (non-hydrogen) atoms. The number of carbonyl (C=O) groups is 1. The molecule has 2 heterocycles. The third-order valence-corrected chi connectivity index (χ3v) is 6.47. The Morgan fingerprint density at radius 2 is 1.78 bits per heavy atom. The molecule has 0 atom stereocenters. The molecule has 0 saturated carbocycles. The molecule has 0 radical (unpaired) electrons. The topological polar surface area (TPSA) is 85.1 Å². The van der Waals surface area contributed by atoms with Crippen molar-refractivity contribution in [1.82, 2.24) is 25.2 Å². The van der Waals surface area contributed by atoms with Crippen LogP contribution in [0, 0.1) is 0 Å². The summed E-state index contributed by atoms with van der Waals surface area (Å²) in [5.74, 6) is 0.567. The summed E-state index contributed by atoms with van der Waals surface area (Å²) in [4.78, 5) is 16.4. The van der Waals surface area contributed by atoms with Crippen molar-refractivity contribution in [2.45, 2.75) is 5.16 Å². The van der Waals surface area contributed by atoms with Crippen LogP contribution in [0.1, 0.15) is 5.56 Å². The van der Waals surface area contributed by atoms with Gasteiger partial charge in [-0.25, -0.2) is 5.43 Å². The molecular weight excluding hydrogens is 556 g/mol. The second kappa shape index (κ2) is 10.7. The number of nitrogens with zero attached hydrogens (tertiary/aromatic N) is 5. The van der Waals surface area contributed by atoms with Crippen LogP contribution in [0.2, 0.25) is 0 Å². The maximum Gasteiger partial charge on any atom is 0.250 e. The molecule has 4 aromatic rings. The van der Waals surface area contributed by atoms with Gasteiger partial charge >= 0.3 is 0 Å². The first kappa shape index (κ1) is 22.4. The molecule has 0 saturated heterocycles. The van der Waals surface area contributed by atoms with Crippen LogP contribution in [0.3, 0.4) is 0 Å². The van der Waals surface area contributed by atoms with Crippen molar-refractivity contribution in [3.05, 3.63) is 87.6 Å². The quantitative estimate of drug-likeness (QED) is 0.189. The number of hydrogen-bond donors (Lipinski definition) is 1. The number of nitrogens with one attached hydrogen (secondary N) is 1. The second-order valence-corrected chi connectivity index (χ2v) is 9.17. The lowest BCUT2D eigenvalue weighted by Crippen LogP contribution is -2.20. The van der Waals surface area contributed by atoms with Gasteiger partial charge < -0.3 is 0 Å². The Kier molecular flexibility index (Phi) is 7.46. The van der Waals surface area contributed by atoms with Crippen LogP contribution in [0.15, 0.2) is 92.3 Å². The summed E-state index contributed by atoms with van der Waals surface area (Å²) >= 11 is 8.20. The van der Waals surface area contributed by atoms with Gasteiger partial charge in [0.05, 0.1) is 12.0 Å². The normalized spacial score (nSPS) is 11.1. The Morgan fingerprint density at radius 3 is 2.53 bits per heavy atom. The summed E-state index contributed by atoms with van der Waals surface area (Å²) in [6.45, 7) is 0. The van der Waals surface area contributed by atoms with Crippen LogP contribution in [0.25, 0.3) is 17.1 Å². The molecule has 1 N–H and O–H groups in total. The molecule has 0 fully saturated rings. The second-order valence-electron chi connectivity index (χ2n) is 6.46. The number of amides is 1. The Bertz CT molecular complexity index is 1250. The van der Waals surface area contributed by atoms with Gasteiger partial charge in [0.1, 0.15) is 0 Å². The van der Waals surface area contributed by atoms with Gasteiger partial charge in [-0.1, -0.05) is 61.8 Å². The van der Waals surface area contributed by atoms with Crippen molar-refractivity contribution in [3.63, 3.8) is 0 Å². The molecule has 7 nitrogen and oxygen atoms in total. The highest BCUT2D eigenvalue weighted by molar-refractivity contribution is 9.10. The van der Waals surface area contributed by atoms with Crippen molar-refractivity contribution >= 4 is 55.7 Å². The Hall–Kier alpha value is -2.82. The molecule has 2 aromatic heterocycles. The molecule has 0 aliphatic heterocycles. The summed E-state index contributed by atoms with van der Waals surface area (Å²) in [6, 6.07) is 19.2. The van der Waals surface area contributed by atoms with Crippen molar-refractivity contribution in [3.8, 4) is 17.1 Å². The fourth-order valence-electron chi connectivity index (χ4n) is 2.79. The molecule has 10 heteroatoms. The minimum absolute atomic E-state index is 0.137. The standard InChI is InChI=1S/C22H16Br2N6OS/c23-17-5-7-18(8-6-17)30-21(15-9-11-25-12-10-15)28-29-22(30)32-14-20(31)27-26-13-16-3-1-2-4-19(16)24/h1-13H,14H2,(H,27,31). The van der Waals surface area contributed by atoms with Crippen molar-refractivity contribution in [2.24, 2.45) is 5.10 Å². The van der Waals surface area contributed by atoms with E-state index in [4.69, 9.17) is 0 Å². The summed E-state index contributed by atoms with van der Waals surface area (Å²) in [5.41, 5.74) is 5.19. The van der Waals surface area contributed by atoms with E-state index in [2.05, 4.69) is 57.6 Å². The first-order valence-electron chi connectivity index (χ1n) is 9.43. The van der Waals surface area contributed by atoms with Gasteiger partial charge in [-0.3, -0.25) is 14.3 Å². The third-order valence-electron chi connectivity index (χ3n) is 4.29. The predicted molar refractivity (Wildman–Crippen MR) is 133 cm³/mol. The van der Waals surface area contributed by atoms with E-state index in [1.54, 1.807) is 18.6 Å².